The number of nitrogens with zero attached hydrogens (tertiary/aromatic N) is 3. The normalized spacial score (nSPS) is 12.9. The van der Waals surface area contributed by atoms with Crippen LogP contribution in [0.5, 0.6) is 0 Å². The number of aromatic nitrogens is 4. The highest BCUT2D eigenvalue weighted by Crippen LogP contribution is 2.49. The molecule has 0 bridgehead atoms. The van der Waals surface area contributed by atoms with Gasteiger partial charge in [0.15, 0.2) is 0 Å². The number of aromatic amines is 1. The van der Waals surface area contributed by atoms with Gasteiger partial charge < -0.3 is 10.1 Å². The number of nitrogens with one attached hydrogen (secondary N) is 1. The summed E-state index contributed by atoms with van der Waals surface area (Å²) >= 11 is 0. The van der Waals surface area contributed by atoms with Gasteiger partial charge in [0.25, 0.3) is 5.60 Å². The van der Waals surface area contributed by atoms with Gasteiger partial charge in [-0.1, -0.05) is 24.3 Å². The van der Waals surface area contributed by atoms with Gasteiger partial charge in [-0.3, -0.25) is 0 Å². The van der Waals surface area contributed by atoms with E-state index in [-0.39, 0.29) is 6.42 Å². The molecule has 5 nitrogen and oxygen atoms in total. The number of hydrogen-bond donors (Lipinski definition) is 2. The first-order chi connectivity index (χ1) is 15.9. The van der Waals surface area contributed by atoms with E-state index in [0.717, 1.165) is 39.9 Å². The summed E-state index contributed by atoms with van der Waals surface area (Å²) in [6.07, 6.45) is -4.36. The first-order valence-electron chi connectivity index (χ1n) is 10.1. The van der Waals surface area contributed by atoms with Crippen LogP contribution in [0.15, 0.2) is 55.1 Å². The number of rotatable bonds is 5. The van der Waals surface area contributed by atoms with Gasteiger partial charge in [0.05, 0.1) is 0 Å². The Bertz CT molecular complexity index is 1280. The molecular weight excluding hydrogens is 462 g/mol. The predicted octanol–water partition coefficient (Wildman–Crippen LogP) is 5.16. The zero-order valence-corrected chi connectivity index (χ0v) is 17.7. The molecule has 4 rings (SSSR count). The van der Waals surface area contributed by atoms with Gasteiger partial charge in [-0.05, 0) is 35.2 Å². The van der Waals surface area contributed by atoms with E-state index < -0.39 is 23.5 Å². The number of fused-ring (bicyclic) bond motifs is 1. The SMILES string of the molecule is Cc1cnc2[nH]cc(Cc3cnc(Cc4ccc(C(O)(C(F)(F)F)C(F)(F)F)cc4)nc3)c2c1. The zero-order chi connectivity index (χ0) is 24.7. The van der Waals surface area contributed by atoms with E-state index in [1.807, 2.05) is 19.2 Å². The summed E-state index contributed by atoms with van der Waals surface area (Å²) < 4.78 is 78.1. The van der Waals surface area contributed by atoms with Crippen molar-refractivity contribution in [1.82, 2.24) is 19.9 Å². The Balaban J connectivity index is 1.49. The van der Waals surface area contributed by atoms with Crippen LogP contribution in [-0.2, 0) is 18.4 Å². The third-order valence-electron chi connectivity index (χ3n) is 5.46. The molecule has 0 saturated heterocycles. The fourth-order valence-electron chi connectivity index (χ4n) is 3.63. The lowest BCUT2D eigenvalue weighted by Crippen LogP contribution is -2.53. The van der Waals surface area contributed by atoms with Gasteiger partial charge in [-0.15, -0.1) is 0 Å². The molecule has 34 heavy (non-hydrogen) atoms. The second kappa shape index (κ2) is 8.39. The van der Waals surface area contributed by atoms with Crippen LogP contribution in [0, 0.1) is 6.92 Å². The standard InChI is InChI=1S/C23H18F6N4O/c1-13-6-18-16(12-33-20(18)32-9-13)7-15-10-30-19(31-11-15)8-14-2-4-17(5-3-14)21(34,22(24,25)26)23(27,28)29/h2-6,9-12,34H,7-8H2,1H3,(H,32,33). The van der Waals surface area contributed by atoms with E-state index in [2.05, 4.69) is 19.9 Å². The second-order valence-electron chi connectivity index (χ2n) is 7.99. The number of benzene rings is 1. The van der Waals surface area contributed by atoms with Crippen molar-refractivity contribution in [2.75, 3.05) is 0 Å². The van der Waals surface area contributed by atoms with Crippen LogP contribution in [0.4, 0.5) is 26.3 Å². The average Bonchev–Trinajstić information content (AvgIpc) is 3.15. The number of halogens is 6. The number of pyridine rings is 1. The maximum absolute atomic E-state index is 13.0. The van der Waals surface area contributed by atoms with Crippen LogP contribution in [-0.4, -0.2) is 37.4 Å². The van der Waals surface area contributed by atoms with Crippen molar-refractivity contribution < 1.29 is 31.4 Å². The molecule has 3 heterocycles. The number of hydrogen-bond acceptors (Lipinski definition) is 4. The number of alkyl halides is 6. The van der Waals surface area contributed by atoms with E-state index >= 15 is 0 Å². The van der Waals surface area contributed by atoms with Crippen molar-refractivity contribution in [3.63, 3.8) is 0 Å². The molecule has 0 radical (unpaired) electrons. The smallest absolute Gasteiger partial charge is 0.369 e. The highest BCUT2D eigenvalue weighted by molar-refractivity contribution is 5.80. The predicted molar refractivity (Wildman–Crippen MR) is 111 cm³/mol. The molecule has 1 aromatic carbocycles. The number of aliphatic hydroxyl groups is 1. The Morgan fingerprint density at radius 2 is 1.44 bits per heavy atom. The van der Waals surface area contributed by atoms with Crippen molar-refractivity contribution in [1.29, 1.82) is 0 Å². The lowest BCUT2D eigenvalue weighted by molar-refractivity contribution is -0.376. The summed E-state index contributed by atoms with van der Waals surface area (Å²) in [6, 6.07) is 5.40. The molecule has 0 atom stereocenters. The molecule has 3 aromatic heterocycles. The minimum Gasteiger partial charge on any atom is -0.369 e. The van der Waals surface area contributed by atoms with Gasteiger partial charge in [0, 0.05) is 48.6 Å². The first kappa shape index (κ1) is 23.7. The molecule has 0 fully saturated rings. The minimum absolute atomic E-state index is 0.0905. The summed E-state index contributed by atoms with van der Waals surface area (Å²) in [5.74, 6) is 0.342. The third-order valence-corrected chi connectivity index (χ3v) is 5.46. The Labute approximate surface area is 189 Å². The lowest BCUT2D eigenvalue weighted by Gasteiger charge is -2.32. The summed E-state index contributed by atoms with van der Waals surface area (Å²) in [4.78, 5) is 15.9. The second-order valence-corrected chi connectivity index (χ2v) is 7.99. The van der Waals surface area contributed by atoms with Gasteiger partial charge >= 0.3 is 12.4 Å². The highest BCUT2D eigenvalue weighted by Gasteiger charge is 2.71. The Hall–Kier alpha value is -3.47. The van der Waals surface area contributed by atoms with Crippen molar-refractivity contribution in [3.8, 4) is 0 Å². The minimum atomic E-state index is -5.93. The Morgan fingerprint density at radius 1 is 0.824 bits per heavy atom. The molecule has 2 N–H and O–H groups in total. The third kappa shape index (κ3) is 4.35. The molecule has 0 spiro atoms. The summed E-state index contributed by atoms with van der Waals surface area (Å²) in [7, 11) is 0. The molecule has 0 unspecified atom stereocenters. The van der Waals surface area contributed by atoms with Gasteiger partial charge in [0.2, 0.25) is 0 Å². The summed E-state index contributed by atoms with van der Waals surface area (Å²) in [6.45, 7) is 1.94. The van der Waals surface area contributed by atoms with Crippen LogP contribution in [0.3, 0.4) is 0 Å². The van der Waals surface area contributed by atoms with Crippen LogP contribution in [0.25, 0.3) is 11.0 Å². The molecule has 4 aromatic rings. The van der Waals surface area contributed by atoms with Gasteiger partial charge in [0.1, 0.15) is 11.5 Å². The Morgan fingerprint density at radius 3 is 2.03 bits per heavy atom. The summed E-state index contributed by atoms with van der Waals surface area (Å²) in [5, 5.41) is 10.5. The Kier molecular flexibility index (Phi) is 5.84. The fraction of sp³-hybridized carbons (Fsp3) is 0.261. The fourth-order valence-corrected chi connectivity index (χ4v) is 3.63. The average molecular weight is 480 g/mol. The number of aryl methyl sites for hydroxylation is 1. The molecular formula is C23H18F6N4O. The molecule has 178 valence electrons. The highest BCUT2D eigenvalue weighted by atomic mass is 19.4. The largest absolute Gasteiger partial charge is 0.430 e. The zero-order valence-electron chi connectivity index (χ0n) is 17.7. The van der Waals surface area contributed by atoms with Crippen LogP contribution >= 0.6 is 0 Å². The quantitative estimate of drug-likeness (QED) is 0.387. The maximum atomic E-state index is 13.0. The molecule has 0 aliphatic heterocycles. The molecule has 0 aliphatic rings. The van der Waals surface area contributed by atoms with Crippen molar-refractivity contribution in [2.24, 2.45) is 0 Å². The summed E-state index contributed by atoms with van der Waals surface area (Å²) in [5.41, 5.74) is -2.24. The van der Waals surface area contributed by atoms with E-state index in [1.165, 1.54) is 0 Å². The van der Waals surface area contributed by atoms with E-state index in [1.54, 1.807) is 18.6 Å². The van der Waals surface area contributed by atoms with Gasteiger partial charge in [-0.25, -0.2) is 15.0 Å². The van der Waals surface area contributed by atoms with Crippen molar-refractivity contribution in [3.05, 3.63) is 88.8 Å². The van der Waals surface area contributed by atoms with Gasteiger partial charge in [-0.2, -0.15) is 26.3 Å². The molecule has 0 saturated carbocycles. The lowest BCUT2D eigenvalue weighted by atomic mass is 9.91. The molecule has 0 amide bonds. The van der Waals surface area contributed by atoms with Crippen LogP contribution in [0.1, 0.15) is 33.6 Å². The van der Waals surface area contributed by atoms with E-state index in [9.17, 15) is 31.4 Å². The van der Waals surface area contributed by atoms with Crippen molar-refractivity contribution >= 4 is 11.0 Å². The molecule has 0 aliphatic carbocycles. The number of H-pyrrole nitrogens is 1. The topological polar surface area (TPSA) is 74.7 Å². The van der Waals surface area contributed by atoms with Crippen LogP contribution in [0.2, 0.25) is 0 Å². The monoisotopic (exact) mass is 480 g/mol. The maximum Gasteiger partial charge on any atom is 0.430 e. The first-order valence-corrected chi connectivity index (χ1v) is 10.1. The van der Waals surface area contributed by atoms with E-state index in [4.69, 9.17) is 0 Å². The van der Waals surface area contributed by atoms with Crippen LogP contribution < -0.4 is 0 Å². The van der Waals surface area contributed by atoms with E-state index in [0.29, 0.717) is 29.9 Å². The molecule has 11 heteroatoms. The van der Waals surface area contributed by atoms with Crippen molar-refractivity contribution in [2.45, 2.75) is 37.7 Å².